The quantitative estimate of drug-likeness (QED) is 0.570. The van der Waals surface area contributed by atoms with Crippen molar-refractivity contribution in [3.8, 4) is 5.69 Å². The van der Waals surface area contributed by atoms with E-state index in [2.05, 4.69) is 20.4 Å². The van der Waals surface area contributed by atoms with E-state index in [4.69, 9.17) is 11.6 Å². The van der Waals surface area contributed by atoms with E-state index >= 15 is 0 Å². The van der Waals surface area contributed by atoms with Crippen LogP contribution < -0.4 is 5.32 Å². The fourth-order valence-corrected chi connectivity index (χ4v) is 3.05. The Labute approximate surface area is 152 Å². The highest BCUT2D eigenvalue weighted by Crippen LogP contribution is 2.25. The standard InChI is InChI=1S/C18H13ClFN5O/c1-10-15(16(19)25(24-10)12-8-6-11(20)7-9-12)17(26)23-18-21-13-4-2-3-5-14(13)22-18/h2-9H,1H3,(H2,21,22,23,26). The van der Waals surface area contributed by atoms with Crippen LogP contribution in [-0.4, -0.2) is 25.7 Å². The zero-order valence-electron chi connectivity index (χ0n) is 13.6. The summed E-state index contributed by atoms with van der Waals surface area (Å²) in [6.07, 6.45) is 0. The van der Waals surface area contributed by atoms with Gasteiger partial charge in [0.2, 0.25) is 5.95 Å². The van der Waals surface area contributed by atoms with Crippen molar-refractivity contribution in [2.45, 2.75) is 6.92 Å². The number of hydrogen-bond donors (Lipinski definition) is 2. The van der Waals surface area contributed by atoms with E-state index in [1.807, 2.05) is 24.3 Å². The number of H-pyrrole nitrogens is 1. The van der Waals surface area contributed by atoms with E-state index in [0.717, 1.165) is 11.0 Å². The zero-order valence-corrected chi connectivity index (χ0v) is 14.4. The molecule has 6 nitrogen and oxygen atoms in total. The molecule has 0 radical (unpaired) electrons. The molecule has 0 bridgehead atoms. The average molecular weight is 370 g/mol. The Bertz CT molecular complexity index is 1080. The van der Waals surface area contributed by atoms with Crippen LogP contribution in [0.2, 0.25) is 5.15 Å². The molecule has 0 aliphatic heterocycles. The number of hydrogen-bond acceptors (Lipinski definition) is 3. The van der Waals surface area contributed by atoms with E-state index in [1.165, 1.54) is 28.9 Å². The Hall–Kier alpha value is -3.19. The monoisotopic (exact) mass is 369 g/mol. The second kappa shape index (κ2) is 6.27. The van der Waals surface area contributed by atoms with Gasteiger partial charge in [-0.15, -0.1) is 0 Å². The van der Waals surface area contributed by atoms with Gasteiger partial charge in [0.05, 0.1) is 22.4 Å². The fraction of sp³-hybridized carbons (Fsp3) is 0.0556. The van der Waals surface area contributed by atoms with Gasteiger partial charge in [0.15, 0.2) is 0 Å². The second-order valence-electron chi connectivity index (χ2n) is 5.70. The number of fused-ring (bicyclic) bond motifs is 1. The summed E-state index contributed by atoms with van der Waals surface area (Å²) in [5.41, 5.74) is 2.80. The Balaban J connectivity index is 1.66. The van der Waals surface area contributed by atoms with Crippen LogP contribution in [0.15, 0.2) is 48.5 Å². The van der Waals surface area contributed by atoms with Gasteiger partial charge in [-0.3, -0.25) is 10.1 Å². The summed E-state index contributed by atoms with van der Waals surface area (Å²) in [5, 5.41) is 7.13. The van der Waals surface area contributed by atoms with Crippen LogP contribution in [-0.2, 0) is 0 Å². The normalized spacial score (nSPS) is 11.0. The van der Waals surface area contributed by atoms with Gasteiger partial charge in [0.25, 0.3) is 5.91 Å². The van der Waals surface area contributed by atoms with E-state index in [1.54, 1.807) is 6.92 Å². The van der Waals surface area contributed by atoms with Crippen molar-refractivity contribution in [1.82, 2.24) is 19.7 Å². The molecule has 0 unspecified atom stereocenters. The minimum Gasteiger partial charge on any atom is -0.324 e. The highest BCUT2D eigenvalue weighted by molar-refractivity contribution is 6.34. The lowest BCUT2D eigenvalue weighted by Crippen LogP contribution is -2.14. The molecule has 26 heavy (non-hydrogen) atoms. The molecule has 130 valence electrons. The first kappa shape index (κ1) is 16.3. The average Bonchev–Trinajstić information content (AvgIpc) is 3.15. The second-order valence-corrected chi connectivity index (χ2v) is 6.05. The number of para-hydroxylation sites is 2. The summed E-state index contributed by atoms with van der Waals surface area (Å²) < 4.78 is 14.5. The van der Waals surface area contributed by atoms with Gasteiger partial charge in [-0.1, -0.05) is 23.7 Å². The summed E-state index contributed by atoms with van der Waals surface area (Å²) in [5.74, 6) is -0.474. The van der Waals surface area contributed by atoms with Crippen molar-refractivity contribution in [3.63, 3.8) is 0 Å². The van der Waals surface area contributed by atoms with Gasteiger partial charge in [-0.05, 0) is 43.3 Å². The largest absolute Gasteiger partial charge is 0.324 e. The van der Waals surface area contributed by atoms with Crippen molar-refractivity contribution in [3.05, 3.63) is 70.8 Å². The maximum absolute atomic E-state index is 13.1. The van der Waals surface area contributed by atoms with Crippen LogP contribution in [0.5, 0.6) is 0 Å². The lowest BCUT2D eigenvalue weighted by atomic mass is 10.2. The number of halogens is 2. The molecule has 0 aliphatic carbocycles. The Morgan fingerprint density at radius 2 is 1.92 bits per heavy atom. The Morgan fingerprint density at radius 1 is 1.19 bits per heavy atom. The number of anilines is 1. The third kappa shape index (κ3) is 2.82. The maximum Gasteiger partial charge on any atom is 0.263 e. The topological polar surface area (TPSA) is 75.6 Å². The number of benzene rings is 2. The predicted molar refractivity (Wildman–Crippen MR) is 97.3 cm³/mol. The number of carbonyl (C=O) groups excluding carboxylic acids is 1. The van der Waals surface area contributed by atoms with E-state index in [0.29, 0.717) is 17.3 Å². The van der Waals surface area contributed by atoms with Gasteiger partial charge in [-0.2, -0.15) is 5.10 Å². The summed E-state index contributed by atoms with van der Waals surface area (Å²) in [6, 6.07) is 13.1. The molecule has 0 spiro atoms. The molecule has 2 heterocycles. The number of imidazole rings is 1. The zero-order chi connectivity index (χ0) is 18.3. The molecule has 1 amide bonds. The van der Waals surface area contributed by atoms with Crippen LogP contribution in [0, 0.1) is 12.7 Å². The van der Waals surface area contributed by atoms with E-state index < -0.39 is 5.91 Å². The van der Waals surface area contributed by atoms with Crippen LogP contribution >= 0.6 is 11.6 Å². The van der Waals surface area contributed by atoms with Crippen LogP contribution in [0.25, 0.3) is 16.7 Å². The molecular formula is C18H13ClFN5O. The highest BCUT2D eigenvalue weighted by Gasteiger charge is 2.22. The lowest BCUT2D eigenvalue weighted by Gasteiger charge is -2.04. The molecular weight excluding hydrogens is 357 g/mol. The molecule has 0 aliphatic rings. The van der Waals surface area contributed by atoms with Crippen molar-refractivity contribution < 1.29 is 9.18 Å². The van der Waals surface area contributed by atoms with Gasteiger partial charge in [-0.25, -0.2) is 14.1 Å². The van der Waals surface area contributed by atoms with E-state index in [-0.39, 0.29) is 16.5 Å². The molecule has 4 aromatic rings. The molecule has 0 saturated carbocycles. The molecule has 0 fully saturated rings. The van der Waals surface area contributed by atoms with Crippen LogP contribution in [0.1, 0.15) is 16.1 Å². The van der Waals surface area contributed by atoms with Crippen molar-refractivity contribution in [2.24, 2.45) is 0 Å². The number of rotatable bonds is 3. The molecule has 0 saturated heterocycles. The molecule has 0 atom stereocenters. The number of aromatic nitrogens is 4. The van der Waals surface area contributed by atoms with Gasteiger partial charge in [0.1, 0.15) is 16.5 Å². The number of nitrogens with zero attached hydrogens (tertiary/aromatic N) is 3. The van der Waals surface area contributed by atoms with Crippen LogP contribution in [0.4, 0.5) is 10.3 Å². The number of amides is 1. The predicted octanol–water partition coefficient (Wildman–Crippen LogP) is 4.10. The SMILES string of the molecule is Cc1nn(-c2ccc(F)cc2)c(Cl)c1C(=O)Nc1nc2ccccc2[nH]1. The number of aryl methyl sites for hydroxylation is 1. The third-order valence-electron chi connectivity index (χ3n) is 3.92. The molecule has 2 N–H and O–H groups in total. The van der Waals surface area contributed by atoms with Gasteiger partial charge < -0.3 is 4.98 Å². The van der Waals surface area contributed by atoms with Crippen molar-refractivity contribution >= 4 is 34.5 Å². The summed E-state index contributed by atoms with van der Waals surface area (Å²) in [4.78, 5) is 20.0. The number of carbonyl (C=O) groups is 1. The van der Waals surface area contributed by atoms with E-state index in [9.17, 15) is 9.18 Å². The third-order valence-corrected chi connectivity index (χ3v) is 4.27. The van der Waals surface area contributed by atoms with Gasteiger partial charge >= 0.3 is 0 Å². The minimum absolute atomic E-state index is 0.141. The smallest absolute Gasteiger partial charge is 0.263 e. The minimum atomic E-state index is -0.431. The van der Waals surface area contributed by atoms with Crippen molar-refractivity contribution in [2.75, 3.05) is 5.32 Å². The first-order valence-electron chi connectivity index (χ1n) is 7.80. The summed E-state index contributed by atoms with van der Waals surface area (Å²) in [7, 11) is 0. The lowest BCUT2D eigenvalue weighted by molar-refractivity contribution is 0.102. The van der Waals surface area contributed by atoms with Crippen LogP contribution in [0.3, 0.4) is 0 Å². The Morgan fingerprint density at radius 3 is 2.65 bits per heavy atom. The number of nitrogens with one attached hydrogen (secondary N) is 2. The number of aromatic amines is 1. The van der Waals surface area contributed by atoms with Crippen molar-refractivity contribution in [1.29, 1.82) is 0 Å². The molecule has 4 rings (SSSR count). The summed E-state index contributed by atoms with van der Waals surface area (Å²) >= 11 is 6.36. The first-order chi connectivity index (χ1) is 12.5. The maximum atomic E-state index is 13.1. The molecule has 2 aromatic carbocycles. The highest BCUT2D eigenvalue weighted by atomic mass is 35.5. The summed E-state index contributed by atoms with van der Waals surface area (Å²) in [6.45, 7) is 1.68. The first-order valence-corrected chi connectivity index (χ1v) is 8.18. The molecule has 8 heteroatoms. The van der Waals surface area contributed by atoms with Gasteiger partial charge in [0, 0.05) is 0 Å². The molecule has 2 aromatic heterocycles. The Kier molecular flexibility index (Phi) is 3.93. The fourth-order valence-electron chi connectivity index (χ4n) is 2.69.